The van der Waals surface area contributed by atoms with Crippen LogP contribution < -0.4 is 0 Å². The van der Waals surface area contributed by atoms with E-state index in [1.165, 1.54) is 0 Å². The predicted octanol–water partition coefficient (Wildman–Crippen LogP) is 13.2. The molecule has 47 heavy (non-hydrogen) atoms. The summed E-state index contributed by atoms with van der Waals surface area (Å²) < 4.78 is 85.9. The van der Waals surface area contributed by atoms with Crippen molar-refractivity contribution >= 4 is 65.0 Å². The van der Waals surface area contributed by atoms with Gasteiger partial charge in [-0.2, -0.15) is 0 Å². The maximum absolute atomic E-state index is 9.41. The maximum atomic E-state index is 9.41. The standard InChI is InChI=1S/C46H28O/c1-2-14-31-28-32(25-24-29(31)12-1)43-37-18-7-9-20-39(37)44(40-21-10-8-19-38(40)43)35-17-6-5-16-34(35)36-22-11-23-42-45(36)41-27-26-30-13-3-4-15-33(30)46(41)47-42/h1-28H/i3D,4D,11D,13D,15D,22D,23D,26D,27D. The SMILES string of the molecule is [2H]c1c([2H])c(-c2ccccc2-c2c3ccccc3c(-c3ccc4ccccc4c3)c3ccccc23)c2c(oc3c4c([2H])c([2H])c([2H])c([2H])c4c([2H])c([2H])c32)c1[2H]. The van der Waals surface area contributed by atoms with E-state index in [1.54, 1.807) is 0 Å². The van der Waals surface area contributed by atoms with Gasteiger partial charge in [0.25, 0.3) is 0 Å². The normalized spacial score (nSPS) is 14.5. The van der Waals surface area contributed by atoms with Gasteiger partial charge in [-0.1, -0.05) is 151 Å². The molecule has 1 heterocycles. The van der Waals surface area contributed by atoms with Crippen molar-refractivity contribution in [2.75, 3.05) is 0 Å². The van der Waals surface area contributed by atoms with Gasteiger partial charge in [0.15, 0.2) is 0 Å². The molecular weight excluding hydrogens is 569 g/mol. The van der Waals surface area contributed by atoms with Crippen LogP contribution >= 0.6 is 0 Å². The summed E-state index contributed by atoms with van der Waals surface area (Å²) in [4.78, 5) is 0. The van der Waals surface area contributed by atoms with E-state index in [1.807, 2.05) is 60.7 Å². The Bertz CT molecular complexity index is 3310. The lowest BCUT2D eigenvalue weighted by atomic mass is 9.83. The third-order valence-corrected chi connectivity index (χ3v) is 9.18. The Labute approximate surface area is 284 Å². The second-order valence-corrected chi connectivity index (χ2v) is 11.7. The molecule has 0 N–H and O–H groups in total. The van der Waals surface area contributed by atoms with Crippen LogP contribution in [-0.4, -0.2) is 0 Å². The molecular formula is C46H28O. The minimum Gasteiger partial charge on any atom is -0.455 e. The first-order valence-corrected chi connectivity index (χ1v) is 15.5. The highest BCUT2D eigenvalue weighted by Gasteiger charge is 2.21. The number of fused-ring (bicyclic) bond motifs is 8. The van der Waals surface area contributed by atoms with Gasteiger partial charge in [-0.3, -0.25) is 0 Å². The van der Waals surface area contributed by atoms with E-state index >= 15 is 0 Å². The lowest BCUT2D eigenvalue weighted by molar-refractivity contribution is 0.673. The van der Waals surface area contributed by atoms with Gasteiger partial charge in [0.2, 0.25) is 0 Å². The minimum absolute atomic E-state index is 0.0516. The lowest BCUT2D eigenvalue weighted by Gasteiger charge is -2.20. The van der Waals surface area contributed by atoms with Gasteiger partial charge in [0.1, 0.15) is 11.2 Å². The molecule has 0 aliphatic heterocycles. The van der Waals surface area contributed by atoms with Crippen LogP contribution in [0.5, 0.6) is 0 Å². The molecule has 0 saturated heterocycles. The Morgan fingerprint density at radius 1 is 0.404 bits per heavy atom. The summed E-state index contributed by atoms with van der Waals surface area (Å²) in [5, 5.41) is 6.21. The highest BCUT2D eigenvalue weighted by Crippen LogP contribution is 2.48. The molecule has 0 aliphatic rings. The zero-order valence-corrected chi connectivity index (χ0v) is 24.9. The van der Waals surface area contributed by atoms with Crippen LogP contribution in [0.2, 0.25) is 0 Å². The summed E-state index contributed by atoms with van der Waals surface area (Å²) in [5.74, 6) is 0. The number of rotatable bonds is 3. The highest BCUT2D eigenvalue weighted by atomic mass is 16.3. The largest absolute Gasteiger partial charge is 0.455 e. The van der Waals surface area contributed by atoms with Gasteiger partial charge < -0.3 is 4.42 Å². The van der Waals surface area contributed by atoms with E-state index in [2.05, 4.69) is 54.6 Å². The van der Waals surface area contributed by atoms with Crippen LogP contribution in [0.3, 0.4) is 0 Å². The number of benzene rings is 9. The Hall–Kier alpha value is -6.18. The van der Waals surface area contributed by atoms with Crippen molar-refractivity contribution < 1.29 is 16.8 Å². The Balaban J connectivity index is 1.35. The van der Waals surface area contributed by atoms with Crippen LogP contribution in [0.1, 0.15) is 12.3 Å². The third-order valence-electron chi connectivity index (χ3n) is 9.18. The first-order valence-electron chi connectivity index (χ1n) is 20.0. The molecule has 0 spiro atoms. The van der Waals surface area contributed by atoms with E-state index in [0.29, 0.717) is 5.56 Å². The Morgan fingerprint density at radius 3 is 1.85 bits per heavy atom. The van der Waals surface area contributed by atoms with Gasteiger partial charge in [-0.15, -0.1) is 0 Å². The zero-order chi connectivity index (χ0) is 38.7. The molecule has 218 valence electrons. The van der Waals surface area contributed by atoms with Crippen LogP contribution in [0, 0.1) is 0 Å². The molecule has 1 nitrogen and oxygen atoms in total. The molecule has 9 aromatic carbocycles. The molecule has 0 amide bonds. The van der Waals surface area contributed by atoms with Crippen LogP contribution in [-0.2, 0) is 0 Å². The molecule has 0 atom stereocenters. The van der Waals surface area contributed by atoms with Gasteiger partial charge in [0.05, 0.1) is 12.3 Å². The number of hydrogen-bond acceptors (Lipinski definition) is 1. The first kappa shape index (κ1) is 18.7. The summed E-state index contributed by atoms with van der Waals surface area (Å²) in [6.07, 6.45) is 0. The van der Waals surface area contributed by atoms with E-state index < -0.39 is 42.3 Å². The van der Waals surface area contributed by atoms with E-state index in [4.69, 9.17) is 14.0 Å². The van der Waals surface area contributed by atoms with Crippen molar-refractivity contribution in [2.45, 2.75) is 0 Å². The summed E-state index contributed by atoms with van der Waals surface area (Å²) in [6, 6.07) is 35.0. The van der Waals surface area contributed by atoms with Crippen molar-refractivity contribution in [1.29, 1.82) is 0 Å². The highest BCUT2D eigenvalue weighted by molar-refractivity contribution is 6.24. The molecule has 1 aromatic heterocycles. The monoisotopic (exact) mass is 605 g/mol. The van der Waals surface area contributed by atoms with Gasteiger partial charge in [-0.05, 0) is 89.2 Å². The summed E-state index contributed by atoms with van der Waals surface area (Å²) in [7, 11) is 0. The molecule has 0 bridgehead atoms. The smallest absolute Gasteiger partial charge is 0.143 e. The fourth-order valence-corrected chi connectivity index (χ4v) is 7.16. The van der Waals surface area contributed by atoms with Gasteiger partial charge >= 0.3 is 0 Å². The maximum Gasteiger partial charge on any atom is 0.143 e. The Morgan fingerprint density at radius 2 is 1.06 bits per heavy atom. The topological polar surface area (TPSA) is 13.1 Å². The van der Waals surface area contributed by atoms with Crippen LogP contribution in [0.4, 0.5) is 0 Å². The second-order valence-electron chi connectivity index (χ2n) is 11.7. The molecule has 0 unspecified atom stereocenters. The average molecular weight is 606 g/mol. The summed E-state index contributed by atoms with van der Waals surface area (Å²) in [5.41, 5.74) is 4.38. The van der Waals surface area contributed by atoms with Crippen molar-refractivity contribution in [3.63, 3.8) is 0 Å². The molecule has 0 aliphatic carbocycles. The molecule has 0 radical (unpaired) electrons. The van der Waals surface area contributed by atoms with E-state index in [0.717, 1.165) is 54.6 Å². The van der Waals surface area contributed by atoms with Crippen molar-refractivity contribution in [2.24, 2.45) is 0 Å². The van der Waals surface area contributed by atoms with Gasteiger partial charge in [0, 0.05) is 16.2 Å². The summed E-state index contributed by atoms with van der Waals surface area (Å²) >= 11 is 0. The van der Waals surface area contributed by atoms with Crippen molar-refractivity contribution in [3.05, 3.63) is 170 Å². The molecule has 0 saturated carbocycles. The van der Waals surface area contributed by atoms with Gasteiger partial charge in [-0.25, -0.2) is 0 Å². The first-order chi connectivity index (χ1) is 27.1. The summed E-state index contributed by atoms with van der Waals surface area (Å²) in [6.45, 7) is 0. The average Bonchev–Trinajstić information content (AvgIpc) is 3.62. The quantitative estimate of drug-likeness (QED) is 0.183. The van der Waals surface area contributed by atoms with Crippen LogP contribution in [0.15, 0.2) is 174 Å². The van der Waals surface area contributed by atoms with Crippen molar-refractivity contribution in [1.82, 2.24) is 0 Å². The number of furan rings is 1. The lowest BCUT2D eigenvalue weighted by Crippen LogP contribution is -1.93. The molecule has 10 aromatic rings. The van der Waals surface area contributed by atoms with E-state index in [9.17, 15) is 2.74 Å². The van der Waals surface area contributed by atoms with Crippen LogP contribution in [0.25, 0.3) is 98.4 Å². The fraction of sp³-hybridized carbons (Fsp3) is 0. The third kappa shape index (κ3) is 3.90. The molecule has 1 heteroatoms. The van der Waals surface area contributed by atoms with E-state index in [-0.39, 0.29) is 50.4 Å². The predicted molar refractivity (Wildman–Crippen MR) is 200 cm³/mol. The molecule has 0 fully saturated rings. The van der Waals surface area contributed by atoms with Crippen molar-refractivity contribution in [3.8, 4) is 33.4 Å². The molecule has 10 rings (SSSR count). The minimum atomic E-state index is -0.533. The number of hydrogen-bond donors (Lipinski definition) is 0. The Kier molecular flexibility index (Phi) is 4.05. The second kappa shape index (κ2) is 10.2. The zero-order valence-electron chi connectivity index (χ0n) is 33.9. The fourth-order valence-electron chi connectivity index (χ4n) is 7.16.